The maximum atomic E-state index is 10.7. The second kappa shape index (κ2) is 5.33. The molecular formula is C14H19BrO. The first-order chi connectivity index (χ1) is 7.71. The lowest BCUT2D eigenvalue weighted by Crippen LogP contribution is -2.26. The van der Waals surface area contributed by atoms with E-state index in [0.717, 1.165) is 35.7 Å². The van der Waals surface area contributed by atoms with Crippen molar-refractivity contribution in [1.82, 2.24) is 0 Å². The SMILES string of the molecule is OC1(c2ccc(Br)cc2)CCCCCCC1. The zero-order valence-electron chi connectivity index (χ0n) is 9.58. The smallest absolute Gasteiger partial charge is 0.0896 e. The Hall–Kier alpha value is -0.340. The van der Waals surface area contributed by atoms with Gasteiger partial charge in [-0.3, -0.25) is 0 Å². The van der Waals surface area contributed by atoms with Crippen molar-refractivity contribution in [2.75, 3.05) is 0 Å². The zero-order chi connectivity index (χ0) is 11.4. The van der Waals surface area contributed by atoms with Gasteiger partial charge in [0.1, 0.15) is 0 Å². The minimum absolute atomic E-state index is 0.582. The van der Waals surface area contributed by atoms with E-state index in [-0.39, 0.29) is 0 Å². The second-order valence-corrected chi connectivity index (χ2v) is 5.72. The normalized spacial score (nSPS) is 21.1. The maximum absolute atomic E-state index is 10.7. The standard InChI is InChI=1S/C14H19BrO/c15-13-8-6-12(7-9-13)14(16)10-4-2-1-3-5-11-14/h6-9,16H,1-5,10-11H2. The third-order valence-electron chi connectivity index (χ3n) is 3.56. The molecule has 1 N–H and O–H groups in total. The van der Waals surface area contributed by atoms with Gasteiger partial charge in [-0.15, -0.1) is 0 Å². The van der Waals surface area contributed by atoms with Crippen molar-refractivity contribution in [3.05, 3.63) is 34.3 Å². The molecule has 0 spiro atoms. The Kier molecular flexibility index (Phi) is 4.04. The predicted molar refractivity (Wildman–Crippen MR) is 70.4 cm³/mol. The van der Waals surface area contributed by atoms with Crippen LogP contribution in [0.4, 0.5) is 0 Å². The summed E-state index contributed by atoms with van der Waals surface area (Å²) in [4.78, 5) is 0. The highest BCUT2D eigenvalue weighted by atomic mass is 79.9. The molecule has 88 valence electrons. The van der Waals surface area contributed by atoms with E-state index < -0.39 is 5.60 Å². The molecule has 1 aliphatic rings. The number of benzene rings is 1. The molecule has 1 aromatic rings. The topological polar surface area (TPSA) is 20.2 Å². The lowest BCUT2D eigenvalue weighted by Gasteiger charge is -2.30. The lowest BCUT2D eigenvalue weighted by atomic mass is 9.82. The summed E-state index contributed by atoms with van der Waals surface area (Å²) in [7, 11) is 0. The second-order valence-electron chi connectivity index (χ2n) is 4.81. The molecule has 0 saturated heterocycles. The van der Waals surface area contributed by atoms with Crippen LogP contribution in [0.2, 0.25) is 0 Å². The Labute approximate surface area is 106 Å². The van der Waals surface area contributed by atoms with Gasteiger partial charge in [-0.05, 0) is 30.5 Å². The van der Waals surface area contributed by atoms with Gasteiger partial charge in [-0.25, -0.2) is 0 Å². The van der Waals surface area contributed by atoms with E-state index in [2.05, 4.69) is 15.9 Å². The number of hydrogen-bond acceptors (Lipinski definition) is 1. The van der Waals surface area contributed by atoms with Crippen molar-refractivity contribution in [3.8, 4) is 0 Å². The first kappa shape index (κ1) is 12.1. The zero-order valence-corrected chi connectivity index (χ0v) is 11.2. The van der Waals surface area contributed by atoms with Gasteiger partial charge in [-0.1, -0.05) is 60.2 Å². The highest BCUT2D eigenvalue weighted by Gasteiger charge is 2.28. The quantitative estimate of drug-likeness (QED) is 0.810. The van der Waals surface area contributed by atoms with E-state index in [0.29, 0.717) is 0 Å². The highest BCUT2D eigenvalue weighted by Crippen LogP contribution is 2.35. The van der Waals surface area contributed by atoms with E-state index in [1.54, 1.807) is 0 Å². The summed E-state index contributed by atoms with van der Waals surface area (Å²) in [6.07, 6.45) is 7.97. The van der Waals surface area contributed by atoms with Crippen LogP contribution >= 0.6 is 15.9 Å². The van der Waals surface area contributed by atoms with Crippen LogP contribution < -0.4 is 0 Å². The van der Waals surface area contributed by atoms with Crippen molar-refractivity contribution >= 4 is 15.9 Å². The van der Waals surface area contributed by atoms with Crippen molar-refractivity contribution in [2.24, 2.45) is 0 Å². The van der Waals surface area contributed by atoms with Gasteiger partial charge in [0.05, 0.1) is 5.60 Å². The summed E-state index contributed by atoms with van der Waals surface area (Å²) < 4.78 is 1.07. The minimum atomic E-state index is -0.582. The van der Waals surface area contributed by atoms with E-state index in [1.807, 2.05) is 24.3 Å². The van der Waals surface area contributed by atoms with E-state index in [1.165, 1.54) is 19.3 Å². The third-order valence-corrected chi connectivity index (χ3v) is 4.09. The van der Waals surface area contributed by atoms with Crippen molar-refractivity contribution < 1.29 is 5.11 Å². The summed E-state index contributed by atoms with van der Waals surface area (Å²) >= 11 is 3.43. The van der Waals surface area contributed by atoms with Crippen molar-refractivity contribution in [2.45, 2.75) is 50.5 Å². The fraction of sp³-hybridized carbons (Fsp3) is 0.571. The van der Waals surface area contributed by atoms with Gasteiger partial charge in [0.2, 0.25) is 0 Å². The van der Waals surface area contributed by atoms with Crippen LogP contribution in [0.25, 0.3) is 0 Å². The summed E-state index contributed by atoms with van der Waals surface area (Å²) in [6.45, 7) is 0. The molecule has 0 unspecified atom stereocenters. The van der Waals surface area contributed by atoms with Crippen LogP contribution in [0.3, 0.4) is 0 Å². The average Bonchev–Trinajstić information content (AvgIpc) is 2.25. The van der Waals surface area contributed by atoms with Crippen LogP contribution in [0, 0.1) is 0 Å². The predicted octanol–water partition coefficient (Wildman–Crippen LogP) is 4.38. The Morgan fingerprint density at radius 2 is 1.38 bits per heavy atom. The Bertz CT molecular complexity index is 323. The number of rotatable bonds is 1. The Morgan fingerprint density at radius 1 is 0.875 bits per heavy atom. The van der Waals surface area contributed by atoms with E-state index in [9.17, 15) is 5.11 Å². The molecule has 1 aromatic carbocycles. The molecule has 16 heavy (non-hydrogen) atoms. The number of hydrogen-bond donors (Lipinski definition) is 1. The van der Waals surface area contributed by atoms with Crippen molar-refractivity contribution in [1.29, 1.82) is 0 Å². The molecule has 0 bridgehead atoms. The van der Waals surface area contributed by atoms with Crippen LogP contribution in [0.5, 0.6) is 0 Å². The molecule has 0 aliphatic heterocycles. The molecule has 0 atom stereocenters. The molecule has 1 aliphatic carbocycles. The molecule has 1 nitrogen and oxygen atoms in total. The van der Waals surface area contributed by atoms with Gasteiger partial charge in [0, 0.05) is 4.47 Å². The van der Waals surface area contributed by atoms with E-state index >= 15 is 0 Å². The number of aliphatic hydroxyl groups is 1. The molecule has 1 fully saturated rings. The van der Waals surface area contributed by atoms with Crippen LogP contribution in [0.1, 0.15) is 50.5 Å². The average molecular weight is 283 g/mol. The molecule has 2 heteroatoms. The fourth-order valence-corrected chi connectivity index (χ4v) is 2.80. The minimum Gasteiger partial charge on any atom is -0.385 e. The first-order valence-electron chi connectivity index (χ1n) is 6.19. The Balaban J connectivity index is 2.17. The summed E-state index contributed by atoms with van der Waals surface area (Å²) in [5, 5.41) is 10.7. The van der Waals surface area contributed by atoms with E-state index in [4.69, 9.17) is 0 Å². The summed E-state index contributed by atoms with van der Waals surface area (Å²) in [5.41, 5.74) is 0.499. The lowest BCUT2D eigenvalue weighted by molar-refractivity contribution is 0.00960. The monoisotopic (exact) mass is 282 g/mol. The van der Waals surface area contributed by atoms with Crippen molar-refractivity contribution in [3.63, 3.8) is 0 Å². The van der Waals surface area contributed by atoms with Crippen LogP contribution in [-0.2, 0) is 5.60 Å². The first-order valence-corrected chi connectivity index (χ1v) is 6.98. The van der Waals surface area contributed by atoms with Gasteiger partial charge >= 0.3 is 0 Å². The molecule has 0 heterocycles. The largest absolute Gasteiger partial charge is 0.385 e. The summed E-state index contributed by atoms with van der Waals surface area (Å²) in [5.74, 6) is 0. The van der Waals surface area contributed by atoms with Crippen LogP contribution in [-0.4, -0.2) is 5.11 Å². The molecule has 0 aromatic heterocycles. The molecule has 2 rings (SSSR count). The molecule has 1 saturated carbocycles. The fourth-order valence-electron chi connectivity index (χ4n) is 2.54. The van der Waals surface area contributed by atoms with Gasteiger partial charge in [0.15, 0.2) is 0 Å². The maximum Gasteiger partial charge on any atom is 0.0896 e. The van der Waals surface area contributed by atoms with Gasteiger partial charge in [0.25, 0.3) is 0 Å². The highest BCUT2D eigenvalue weighted by molar-refractivity contribution is 9.10. The third kappa shape index (κ3) is 2.86. The molecular weight excluding hydrogens is 264 g/mol. The van der Waals surface area contributed by atoms with Gasteiger partial charge < -0.3 is 5.11 Å². The Morgan fingerprint density at radius 3 is 1.94 bits per heavy atom. The molecule has 0 amide bonds. The summed E-state index contributed by atoms with van der Waals surface area (Å²) in [6, 6.07) is 8.13. The van der Waals surface area contributed by atoms with Crippen LogP contribution in [0.15, 0.2) is 28.7 Å². The molecule has 0 radical (unpaired) electrons. The number of halogens is 1. The van der Waals surface area contributed by atoms with Gasteiger partial charge in [-0.2, -0.15) is 0 Å².